The third kappa shape index (κ3) is 8.34. The molecule has 0 aliphatic rings. The lowest BCUT2D eigenvalue weighted by molar-refractivity contribution is -0.122. The number of nitrogens with two attached hydrogens (primary N) is 2. The molecule has 0 saturated heterocycles. The van der Waals surface area contributed by atoms with Gasteiger partial charge in [0.1, 0.15) is 0 Å². The van der Waals surface area contributed by atoms with Crippen molar-refractivity contribution in [2.75, 3.05) is 12.3 Å². The zero-order valence-electron chi connectivity index (χ0n) is 8.90. The van der Waals surface area contributed by atoms with Gasteiger partial charge in [0.2, 0.25) is 15.9 Å². The molecule has 0 aromatic heterocycles. The number of sulfonamides is 1. The molecular formula is C8H19N3O3S. The van der Waals surface area contributed by atoms with Crippen molar-refractivity contribution in [1.29, 1.82) is 0 Å². The summed E-state index contributed by atoms with van der Waals surface area (Å²) in [6.45, 7) is 2.22. The average Bonchev–Trinajstić information content (AvgIpc) is 2.11. The summed E-state index contributed by atoms with van der Waals surface area (Å²) in [4.78, 5) is 11.2. The number of hydrogen-bond donors (Lipinski definition) is 3. The van der Waals surface area contributed by atoms with Crippen molar-refractivity contribution in [1.82, 2.24) is 5.32 Å². The zero-order valence-corrected chi connectivity index (χ0v) is 9.72. The Kier molecular flexibility index (Phi) is 6.46. The van der Waals surface area contributed by atoms with Crippen LogP contribution in [0.1, 0.15) is 26.2 Å². The zero-order chi connectivity index (χ0) is 11.9. The van der Waals surface area contributed by atoms with E-state index in [1.54, 1.807) is 0 Å². The van der Waals surface area contributed by atoms with Crippen LogP contribution >= 0.6 is 0 Å². The van der Waals surface area contributed by atoms with E-state index in [1.807, 2.05) is 6.92 Å². The van der Waals surface area contributed by atoms with E-state index in [-0.39, 0.29) is 18.2 Å². The molecule has 0 bridgehead atoms. The van der Waals surface area contributed by atoms with Crippen LogP contribution < -0.4 is 16.2 Å². The number of amides is 1. The first kappa shape index (κ1) is 14.3. The van der Waals surface area contributed by atoms with E-state index in [4.69, 9.17) is 10.9 Å². The predicted octanol–water partition coefficient (Wildman–Crippen LogP) is -1.09. The summed E-state index contributed by atoms with van der Waals surface area (Å²) in [6, 6.07) is -0.510. The molecule has 0 aromatic carbocycles. The average molecular weight is 237 g/mol. The maximum absolute atomic E-state index is 11.2. The van der Waals surface area contributed by atoms with E-state index in [9.17, 15) is 13.2 Å². The minimum absolute atomic E-state index is 0.129. The second-order valence-corrected chi connectivity index (χ2v) is 5.14. The van der Waals surface area contributed by atoms with Gasteiger partial charge in [0.25, 0.3) is 0 Å². The highest BCUT2D eigenvalue weighted by Gasteiger charge is 2.11. The maximum Gasteiger partial charge on any atom is 0.236 e. The lowest BCUT2D eigenvalue weighted by Gasteiger charge is -2.10. The summed E-state index contributed by atoms with van der Waals surface area (Å²) < 4.78 is 21.1. The molecule has 0 radical (unpaired) electrons. The molecule has 6 nitrogen and oxygen atoms in total. The number of carbonyl (C=O) groups excluding carboxylic acids is 1. The smallest absolute Gasteiger partial charge is 0.236 e. The van der Waals surface area contributed by atoms with Crippen LogP contribution in [0, 0.1) is 0 Å². The molecule has 0 unspecified atom stereocenters. The molecule has 5 N–H and O–H groups in total. The number of hydrogen-bond acceptors (Lipinski definition) is 4. The summed E-state index contributed by atoms with van der Waals surface area (Å²) in [7, 11) is -3.44. The van der Waals surface area contributed by atoms with E-state index in [0.29, 0.717) is 12.8 Å². The van der Waals surface area contributed by atoms with E-state index in [2.05, 4.69) is 5.32 Å². The molecule has 0 heterocycles. The molecule has 0 spiro atoms. The molecule has 90 valence electrons. The highest BCUT2D eigenvalue weighted by atomic mass is 32.2. The van der Waals surface area contributed by atoms with Crippen molar-refractivity contribution >= 4 is 15.9 Å². The van der Waals surface area contributed by atoms with E-state index in [1.165, 1.54) is 0 Å². The lowest BCUT2D eigenvalue weighted by atomic mass is 10.2. The van der Waals surface area contributed by atoms with Crippen molar-refractivity contribution in [3.05, 3.63) is 0 Å². The van der Waals surface area contributed by atoms with Gasteiger partial charge in [0.05, 0.1) is 11.8 Å². The molecule has 15 heavy (non-hydrogen) atoms. The predicted molar refractivity (Wildman–Crippen MR) is 58.5 cm³/mol. The van der Waals surface area contributed by atoms with Gasteiger partial charge in [-0.3, -0.25) is 4.79 Å². The van der Waals surface area contributed by atoms with Gasteiger partial charge >= 0.3 is 0 Å². The number of carbonyl (C=O) groups is 1. The van der Waals surface area contributed by atoms with Gasteiger partial charge in [0.15, 0.2) is 0 Å². The van der Waals surface area contributed by atoms with Crippen LogP contribution in [0.25, 0.3) is 0 Å². The summed E-state index contributed by atoms with van der Waals surface area (Å²) in [6.07, 6.45) is 1.77. The van der Waals surface area contributed by atoms with Crippen LogP contribution in [-0.4, -0.2) is 32.7 Å². The van der Waals surface area contributed by atoms with Gasteiger partial charge < -0.3 is 11.1 Å². The minimum Gasteiger partial charge on any atom is -0.355 e. The molecular weight excluding hydrogens is 218 g/mol. The molecule has 0 fully saturated rings. The van der Waals surface area contributed by atoms with Crippen LogP contribution in [0.3, 0.4) is 0 Å². The largest absolute Gasteiger partial charge is 0.355 e. The molecule has 0 aromatic rings. The second kappa shape index (κ2) is 6.76. The fraction of sp³-hybridized carbons (Fsp3) is 0.875. The Balaban J connectivity index is 3.64. The Morgan fingerprint density at radius 3 is 2.53 bits per heavy atom. The summed E-state index contributed by atoms with van der Waals surface area (Å²) in [5.41, 5.74) is 5.54. The first-order valence-corrected chi connectivity index (χ1v) is 6.62. The summed E-state index contributed by atoms with van der Waals surface area (Å²) >= 11 is 0. The Morgan fingerprint density at radius 1 is 1.47 bits per heavy atom. The quantitative estimate of drug-likeness (QED) is 0.488. The Hall–Kier alpha value is -0.660. The third-order valence-corrected chi connectivity index (χ3v) is 2.70. The van der Waals surface area contributed by atoms with Crippen LogP contribution in [0.2, 0.25) is 0 Å². The highest BCUT2D eigenvalue weighted by Crippen LogP contribution is 1.93. The topological polar surface area (TPSA) is 115 Å². The molecule has 0 saturated carbocycles. The molecule has 0 aliphatic carbocycles. The van der Waals surface area contributed by atoms with Crippen molar-refractivity contribution in [3.63, 3.8) is 0 Å². The molecule has 0 rings (SSSR count). The number of rotatable bonds is 7. The molecule has 7 heteroatoms. The number of primary sulfonamides is 1. The van der Waals surface area contributed by atoms with Gasteiger partial charge in [0, 0.05) is 6.54 Å². The van der Waals surface area contributed by atoms with Crippen molar-refractivity contribution in [2.24, 2.45) is 10.9 Å². The first-order valence-electron chi connectivity index (χ1n) is 4.90. The van der Waals surface area contributed by atoms with Gasteiger partial charge in [-0.25, -0.2) is 13.6 Å². The van der Waals surface area contributed by atoms with E-state index >= 15 is 0 Å². The standard InChI is InChI=1S/C8H19N3O3S/c1-2-4-7(9)8(12)11-5-3-6-15(10,13)14/h7H,2-6,9H2,1H3,(H,11,12)(H2,10,13,14)/t7-/m1/s1. The Morgan fingerprint density at radius 2 is 2.07 bits per heavy atom. The van der Waals surface area contributed by atoms with E-state index in [0.717, 1.165) is 6.42 Å². The van der Waals surface area contributed by atoms with Crippen molar-refractivity contribution < 1.29 is 13.2 Å². The van der Waals surface area contributed by atoms with Gasteiger partial charge in [-0.15, -0.1) is 0 Å². The first-order chi connectivity index (χ1) is 6.87. The SMILES string of the molecule is CCC[C@@H](N)C(=O)NCCCS(N)(=O)=O. The van der Waals surface area contributed by atoms with E-state index < -0.39 is 16.1 Å². The lowest BCUT2D eigenvalue weighted by Crippen LogP contribution is -2.41. The fourth-order valence-electron chi connectivity index (χ4n) is 1.06. The summed E-state index contributed by atoms with van der Waals surface area (Å²) in [5.74, 6) is -0.373. The maximum atomic E-state index is 11.2. The minimum atomic E-state index is -3.44. The second-order valence-electron chi connectivity index (χ2n) is 3.41. The fourth-order valence-corrected chi connectivity index (χ4v) is 1.60. The Labute approximate surface area is 90.4 Å². The highest BCUT2D eigenvalue weighted by molar-refractivity contribution is 7.89. The van der Waals surface area contributed by atoms with Crippen LogP contribution in [0.5, 0.6) is 0 Å². The van der Waals surface area contributed by atoms with Gasteiger partial charge in [-0.2, -0.15) is 0 Å². The van der Waals surface area contributed by atoms with Gasteiger partial charge in [-0.05, 0) is 12.8 Å². The Bertz CT molecular complexity index is 290. The molecule has 1 amide bonds. The van der Waals surface area contributed by atoms with Gasteiger partial charge in [-0.1, -0.05) is 13.3 Å². The van der Waals surface area contributed by atoms with Crippen LogP contribution in [0.15, 0.2) is 0 Å². The van der Waals surface area contributed by atoms with Crippen LogP contribution in [0.4, 0.5) is 0 Å². The summed E-state index contributed by atoms with van der Waals surface area (Å²) in [5, 5.41) is 7.35. The van der Waals surface area contributed by atoms with Crippen molar-refractivity contribution in [2.45, 2.75) is 32.2 Å². The normalized spacial score (nSPS) is 13.5. The monoisotopic (exact) mass is 237 g/mol. The third-order valence-electron chi connectivity index (χ3n) is 1.84. The number of nitrogens with one attached hydrogen (secondary N) is 1. The van der Waals surface area contributed by atoms with Crippen LogP contribution in [-0.2, 0) is 14.8 Å². The van der Waals surface area contributed by atoms with Crippen molar-refractivity contribution in [3.8, 4) is 0 Å². The molecule has 0 aliphatic heterocycles. The molecule has 1 atom stereocenters.